The Morgan fingerprint density at radius 3 is 2.91 bits per heavy atom. The molecule has 0 aromatic carbocycles. The molecule has 0 aromatic heterocycles. The molecule has 0 aliphatic heterocycles. The first-order chi connectivity index (χ1) is 5.24. The second-order valence-corrected chi connectivity index (χ2v) is 2.42. The molecular weight excluding hydrogens is 141 g/mol. The van der Waals surface area contributed by atoms with Crippen molar-refractivity contribution in [1.29, 1.82) is 5.26 Å². The van der Waals surface area contributed by atoms with Crippen LogP contribution in [0.2, 0.25) is 0 Å². The van der Waals surface area contributed by atoms with Crippen molar-refractivity contribution in [2.24, 2.45) is 0 Å². The van der Waals surface area contributed by atoms with Crippen molar-refractivity contribution in [3.8, 4) is 6.07 Å². The van der Waals surface area contributed by atoms with Crippen LogP contribution in [-0.2, 0) is 0 Å². The molecule has 56 valence electrons. The highest BCUT2D eigenvalue weighted by molar-refractivity contribution is 5.38. The summed E-state index contributed by atoms with van der Waals surface area (Å²) in [5, 5.41) is 8.46. The van der Waals surface area contributed by atoms with Crippen molar-refractivity contribution in [3.05, 3.63) is 35.2 Å². The molecule has 1 aliphatic carbocycles. The molecule has 0 atom stereocenters. The van der Waals surface area contributed by atoms with E-state index in [9.17, 15) is 4.39 Å². The summed E-state index contributed by atoms with van der Waals surface area (Å²) in [6.07, 6.45) is 5.24. The maximum atomic E-state index is 12.8. The van der Waals surface area contributed by atoms with Crippen LogP contribution >= 0.6 is 0 Å². The van der Waals surface area contributed by atoms with Crippen LogP contribution in [-0.4, -0.2) is 0 Å². The second-order valence-electron chi connectivity index (χ2n) is 2.42. The molecule has 0 saturated carbocycles. The zero-order chi connectivity index (χ0) is 8.27. The van der Waals surface area contributed by atoms with Gasteiger partial charge in [-0.3, -0.25) is 0 Å². The molecule has 0 fully saturated rings. The minimum absolute atomic E-state index is 0.207. The Balaban J connectivity index is 2.98. The van der Waals surface area contributed by atoms with Crippen LogP contribution in [0.1, 0.15) is 13.3 Å². The van der Waals surface area contributed by atoms with Gasteiger partial charge >= 0.3 is 0 Å². The van der Waals surface area contributed by atoms with Gasteiger partial charge in [-0.2, -0.15) is 5.26 Å². The predicted octanol–water partition coefficient (Wildman–Crippen LogP) is 2.64. The molecule has 0 N–H and O–H groups in total. The van der Waals surface area contributed by atoms with Crippen molar-refractivity contribution in [3.63, 3.8) is 0 Å². The Morgan fingerprint density at radius 2 is 2.27 bits per heavy atom. The Hall–Kier alpha value is -1.36. The molecule has 1 rings (SSSR count). The van der Waals surface area contributed by atoms with Gasteiger partial charge in [-0.15, -0.1) is 0 Å². The van der Waals surface area contributed by atoms with Gasteiger partial charge in [-0.05, 0) is 13.0 Å². The van der Waals surface area contributed by atoms with Crippen LogP contribution < -0.4 is 0 Å². The highest BCUT2D eigenvalue weighted by Crippen LogP contribution is 2.17. The number of allylic oxidation sites excluding steroid dienone is 6. The fourth-order valence-electron chi connectivity index (χ4n) is 0.833. The van der Waals surface area contributed by atoms with Crippen LogP contribution in [0.4, 0.5) is 4.39 Å². The highest BCUT2D eigenvalue weighted by atomic mass is 19.1. The number of halogens is 1. The van der Waals surface area contributed by atoms with Gasteiger partial charge in [0.2, 0.25) is 0 Å². The summed E-state index contributed by atoms with van der Waals surface area (Å²) >= 11 is 0. The van der Waals surface area contributed by atoms with E-state index in [-0.39, 0.29) is 5.57 Å². The first-order valence-corrected chi connectivity index (χ1v) is 3.37. The molecule has 0 aromatic rings. The largest absolute Gasteiger partial charge is 0.206 e. The quantitative estimate of drug-likeness (QED) is 0.519. The highest BCUT2D eigenvalue weighted by Gasteiger charge is 2.03. The minimum Gasteiger partial charge on any atom is -0.206 e. The molecule has 2 heteroatoms. The number of nitrogens with zero attached hydrogens (tertiary/aromatic N) is 1. The van der Waals surface area contributed by atoms with E-state index in [0.29, 0.717) is 6.42 Å². The van der Waals surface area contributed by atoms with E-state index < -0.39 is 5.83 Å². The van der Waals surface area contributed by atoms with Crippen molar-refractivity contribution >= 4 is 0 Å². The van der Waals surface area contributed by atoms with Gasteiger partial charge in [0, 0.05) is 6.42 Å². The van der Waals surface area contributed by atoms with Crippen LogP contribution in [0.3, 0.4) is 0 Å². The Labute approximate surface area is 65.1 Å². The Morgan fingerprint density at radius 1 is 1.55 bits per heavy atom. The average Bonchev–Trinajstić information content (AvgIpc) is 2.15. The molecule has 0 radical (unpaired) electrons. The van der Waals surface area contributed by atoms with Gasteiger partial charge in [-0.1, -0.05) is 17.7 Å². The van der Waals surface area contributed by atoms with E-state index in [4.69, 9.17) is 5.26 Å². The van der Waals surface area contributed by atoms with Gasteiger partial charge in [-0.25, -0.2) is 4.39 Å². The van der Waals surface area contributed by atoms with E-state index in [0.717, 1.165) is 5.57 Å². The van der Waals surface area contributed by atoms with Gasteiger partial charge in [0.25, 0.3) is 0 Å². The standard InChI is InChI=1S/C9H8FN/c1-7-2-4-8(6-11)9(10)5-3-7/h2-3,5H,4H2,1H3. The normalized spacial score (nSPS) is 17.4. The molecule has 0 spiro atoms. The molecule has 0 unspecified atom stereocenters. The van der Waals surface area contributed by atoms with Crippen molar-refractivity contribution in [1.82, 2.24) is 0 Å². The lowest BCUT2D eigenvalue weighted by Gasteiger charge is -1.89. The van der Waals surface area contributed by atoms with Gasteiger partial charge < -0.3 is 0 Å². The third-order valence-electron chi connectivity index (χ3n) is 1.54. The summed E-state index contributed by atoms with van der Waals surface area (Å²) < 4.78 is 12.8. The zero-order valence-corrected chi connectivity index (χ0v) is 6.26. The second kappa shape index (κ2) is 3.16. The molecule has 0 saturated heterocycles. The SMILES string of the molecule is CC1=CCC(C#N)=C(F)C=C1. The fraction of sp³-hybridized carbons (Fsp3) is 0.222. The number of hydrogen-bond acceptors (Lipinski definition) is 1. The van der Waals surface area contributed by atoms with Crippen molar-refractivity contribution in [2.45, 2.75) is 13.3 Å². The number of hydrogen-bond donors (Lipinski definition) is 0. The monoisotopic (exact) mass is 149 g/mol. The summed E-state index contributed by atoms with van der Waals surface area (Å²) in [5.41, 5.74) is 1.20. The zero-order valence-electron chi connectivity index (χ0n) is 6.26. The Kier molecular flexibility index (Phi) is 2.22. The summed E-state index contributed by atoms with van der Waals surface area (Å²) in [4.78, 5) is 0. The smallest absolute Gasteiger partial charge is 0.137 e. The molecule has 11 heavy (non-hydrogen) atoms. The van der Waals surface area contributed by atoms with E-state index >= 15 is 0 Å². The van der Waals surface area contributed by atoms with Gasteiger partial charge in [0.15, 0.2) is 0 Å². The molecule has 1 aliphatic rings. The van der Waals surface area contributed by atoms with Crippen LogP contribution in [0, 0.1) is 11.3 Å². The third-order valence-corrected chi connectivity index (χ3v) is 1.54. The molecule has 1 nitrogen and oxygen atoms in total. The Bertz CT molecular complexity index is 289. The first kappa shape index (κ1) is 7.74. The lowest BCUT2D eigenvalue weighted by atomic mass is 10.2. The van der Waals surface area contributed by atoms with Crippen LogP contribution in [0.5, 0.6) is 0 Å². The van der Waals surface area contributed by atoms with E-state index in [1.807, 2.05) is 19.1 Å². The van der Waals surface area contributed by atoms with E-state index in [2.05, 4.69) is 0 Å². The molecule has 0 amide bonds. The van der Waals surface area contributed by atoms with Crippen molar-refractivity contribution < 1.29 is 4.39 Å². The van der Waals surface area contributed by atoms with Crippen LogP contribution in [0.15, 0.2) is 35.2 Å². The maximum Gasteiger partial charge on any atom is 0.137 e. The maximum absolute atomic E-state index is 12.8. The molecular formula is C9H8FN. The van der Waals surface area contributed by atoms with Gasteiger partial charge in [0.05, 0.1) is 11.6 Å². The van der Waals surface area contributed by atoms with Crippen molar-refractivity contribution in [2.75, 3.05) is 0 Å². The third kappa shape index (κ3) is 1.78. The minimum atomic E-state index is -0.416. The summed E-state index contributed by atoms with van der Waals surface area (Å²) in [5.74, 6) is -0.416. The fourth-order valence-corrected chi connectivity index (χ4v) is 0.833. The predicted molar refractivity (Wildman–Crippen MR) is 41.3 cm³/mol. The van der Waals surface area contributed by atoms with Gasteiger partial charge in [0.1, 0.15) is 5.83 Å². The molecule has 0 bridgehead atoms. The topological polar surface area (TPSA) is 23.8 Å². The van der Waals surface area contributed by atoms with E-state index in [1.165, 1.54) is 6.08 Å². The number of nitriles is 1. The van der Waals surface area contributed by atoms with Crippen LogP contribution in [0.25, 0.3) is 0 Å². The first-order valence-electron chi connectivity index (χ1n) is 3.37. The lowest BCUT2D eigenvalue weighted by molar-refractivity contribution is 0.657. The summed E-state index contributed by atoms with van der Waals surface area (Å²) in [6, 6.07) is 1.82. The van der Waals surface area contributed by atoms with E-state index in [1.54, 1.807) is 6.08 Å². The number of rotatable bonds is 0. The molecule has 0 heterocycles. The average molecular weight is 149 g/mol. The summed E-state index contributed by atoms with van der Waals surface area (Å²) in [6.45, 7) is 1.88. The lowest BCUT2D eigenvalue weighted by Crippen LogP contribution is -1.77. The summed E-state index contributed by atoms with van der Waals surface area (Å²) in [7, 11) is 0.